The van der Waals surface area contributed by atoms with Gasteiger partial charge in [-0.2, -0.15) is 0 Å². The highest BCUT2D eigenvalue weighted by Crippen LogP contribution is 2.11. The van der Waals surface area contributed by atoms with Crippen molar-refractivity contribution in [2.24, 2.45) is 0 Å². The van der Waals surface area contributed by atoms with Gasteiger partial charge in [-0.3, -0.25) is 0 Å². The van der Waals surface area contributed by atoms with Crippen LogP contribution in [0.3, 0.4) is 0 Å². The minimum Gasteiger partial charge on any atom is -0.392 e. The third-order valence-electron chi connectivity index (χ3n) is 2.97. The molecule has 0 saturated carbocycles. The lowest BCUT2D eigenvalue weighted by atomic mass is 10.1. The van der Waals surface area contributed by atoms with Crippen LogP contribution < -0.4 is 0 Å². The van der Waals surface area contributed by atoms with Gasteiger partial charge >= 0.3 is 0 Å². The van der Waals surface area contributed by atoms with Gasteiger partial charge in [-0.15, -0.1) is 0 Å². The number of rotatable bonds is 9. The molecule has 1 N–H and O–H groups in total. The van der Waals surface area contributed by atoms with Crippen molar-refractivity contribution in [3.05, 3.63) is 59.3 Å². The fraction of sp³-hybridized carbons (Fsp3) is 0.474. The van der Waals surface area contributed by atoms with Crippen LogP contribution in [0.4, 0.5) is 0 Å². The molecule has 0 fully saturated rings. The zero-order valence-electron chi connectivity index (χ0n) is 13.5. The average molecular weight is 274 g/mol. The second kappa shape index (κ2) is 12.7. The molecule has 0 aliphatic rings. The van der Waals surface area contributed by atoms with Gasteiger partial charge < -0.3 is 5.11 Å². The van der Waals surface area contributed by atoms with Crippen LogP contribution in [0.5, 0.6) is 0 Å². The van der Waals surface area contributed by atoms with Gasteiger partial charge in [0.25, 0.3) is 0 Å². The first-order chi connectivity index (χ1) is 9.56. The van der Waals surface area contributed by atoms with Gasteiger partial charge in [0, 0.05) is 0 Å². The molecule has 112 valence electrons. The highest BCUT2D eigenvalue weighted by Gasteiger charge is 1.91. The summed E-state index contributed by atoms with van der Waals surface area (Å²) in [6.45, 7) is 8.78. The number of aliphatic hydroxyl groups excluding tert-OH is 1. The first-order valence-electron chi connectivity index (χ1n) is 7.45. The van der Waals surface area contributed by atoms with E-state index in [9.17, 15) is 0 Å². The van der Waals surface area contributed by atoms with E-state index in [0.717, 1.165) is 19.3 Å². The summed E-state index contributed by atoms with van der Waals surface area (Å²) in [5, 5.41) is 8.59. The molecule has 0 rings (SSSR count). The van der Waals surface area contributed by atoms with Crippen LogP contribution in [0.1, 0.15) is 53.4 Å². The van der Waals surface area contributed by atoms with E-state index in [-0.39, 0.29) is 6.61 Å². The fourth-order valence-electron chi connectivity index (χ4n) is 1.74. The van der Waals surface area contributed by atoms with Crippen molar-refractivity contribution in [1.82, 2.24) is 0 Å². The molecule has 0 bridgehead atoms. The Bertz CT molecular complexity index is 388. The lowest BCUT2D eigenvalue weighted by Crippen LogP contribution is -1.80. The molecule has 0 aromatic rings. The molecule has 0 radical (unpaired) electrons. The summed E-state index contributed by atoms with van der Waals surface area (Å²) in [5.41, 5.74) is 4.27. The Morgan fingerprint density at radius 1 is 0.800 bits per heavy atom. The van der Waals surface area contributed by atoms with Crippen LogP contribution >= 0.6 is 0 Å². The number of hydrogen-bond donors (Lipinski definition) is 1. The molecule has 1 heteroatoms. The molecule has 0 atom stereocenters. The summed E-state index contributed by atoms with van der Waals surface area (Å²) < 4.78 is 0. The van der Waals surface area contributed by atoms with E-state index < -0.39 is 0 Å². The van der Waals surface area contributed by atoms with E-state index in [1.165, 1.54) is 23.1 Å². The Labute approximate surface area is 125 Å². The van der Waals surface area contributed by atoms with Gasteiger partial charge in [0.15, 0.2) is 0 Å². The first-order valence-corrected chi connectivity index (χ1v) is 7.45. The van der Waals surface area contributed by atoms with Crippen molar-refractivity contribution in [3.8, 4) is 0 Å². The van der Waals surface area contributed by atoms with Gasteiger partial charge in [0.05, 0.1) is 6.61 Å². The molecular weight excluding hydrogens is 244 g/mol. The smallest absolute Gasteiger partial charge is 0.0615 e. The van der Waals surface area contributed by atoms with Crippen molar-refractivity contribution in [2.45, 2.75) is 53.4 Å². The van der Waals surface area contributed by atoms with Crippen LogP contribution in [0.25, 0.3) is 0 Å². The standard InChI is InChI=1S/C19H30O/c1-17(2)11-9-13-19(4)15-10-14-18(3)12-7-5-6-8-16-20/h5-8,11-12,15,20H,9-10,13-14,16H2,1-4H3. The Hall–Kier alpha value is -1.34. The number of aliphatic hydroxyl groups is 1. The second-order valence-corrected chi connectivity index (χ2v) is 5.42. The lowest BCUT2D eigenvalue weighted by molar-refractivity contribution is 0.343. The van der Waals surface area contributed by atoms with Crippen molar-refractivity contribution in [1.29, 1.82) is 0 Å². The summed E-state index contributed by atoms with van der Waals surface area (Å²) in [6, 6.07) is 0. The zero-order valence-corrected chi connectivity index (χ0v) is 13.5. The third kappa shape index (κ3) is 13.1. The maximum atomic E-state index is 8.59. The average Bonchev–Trinajstić information content (AvgIpc) is 2.38. The number of allylic oxidation sites excluding steroid dienone is 9. The molecule has 0 aliphatic carbocycles. The molecule has 1 nitrogen and oxygen atoms in total. The van der Waals surface area contributed by atoms with E-state index in [2.05, 4.69) is 45.9 Å². The highest BCUT2D eigenvalue weighted by molar-refractivity contribution is 5.16. The second-order valence-electron chi connectivity index (χ2n) is 5.42. The molecule has 0 spiro atoms. The maximum Gasteiger partial charge on any atom is 0.0615 e. The topological polar surface area (TPSA) is 20.2 Å². The van der Waals surface area contributed by atoms with E-state index >= 15 is 0 Å². The molecule has 0 heterocycles. The quantitative estimate of drug-likeness (QED) is 0.434. The maximum absolute atomic E-state index is 8.59. The zero-order chi connectivity index (χ0) is 15.2. The van der Waals surface area contributed by atoms with E-state index in [1.54, 1.807) is 6.08 Å². The third-order valence-corrected chi connectivity index (χ3v) is 2.97. The predicted octanol–water partition coefficient (Wildman–Crippen LogP) is 5.51. The summed E-state index contributed by atoms with van der Waals surface area (Å²) in [6.07, 6.45) is 18.9. The van der Waals surface area contributed by atoms with Crippen molar-refractivity contribution in [3.63, 3.8) is 0 Å². The van der Waals surface area contributed by atoms with Crippen LogP contribution in [0, 0.1) is 0 Å². The van der Waals surface area contributed by atoms with Crippen LogP contribution in [-0.2, 0) is 0 Å². The van der Waals surface area contributed by atoms with Crippen LogP contribution in [0.2, 0.25) is 0 Å². The van der Waals surface area contributed by atoms with Crippen LogP contribution in [-0.4, -0.2) is 11.7 Å². The fourth-order valence-corrected chi connectivity index (χ4v) is 1.74. The molecular formula is C19H30O. The minimum absolute atomic E-state index is 0.101. The highest BCUT2D eigenvalue weighted by atomic mass is 16.2. The SMILES string of the molecule is CC(C)=CCCC(C)=CCCC(C)=CC=CC=CCO. The summed E-state index contributed by atoms with van der Waals surface area (Å²) in [7, 11) is 0. The Morgan fingerprint density at radius 3 is 2.10 bits per heavy atom. The summed E-state index contributed by atoms with van der Waals surface area (Å²) in [4.78, 5) is 0. The molecule has 0 aromatic carbocycles. The van der Waals surface area contributed by atoms with Crippen molar-refractivity contribution in [2.75, 3.05) is 6.61 Å². The molecule has 0 unspecified atom stereocenters. The van der Waals surface area contributed by atoms with E-state index in [1.807, 2.05) is 18.2 Å². The Balaban J connectivity index is 3.96. The number of hydrogen-bond acceptors (Lipinski definition) is 1. The first kappa shape index (κ1) is 18.7. The molecule has 20 heavy (non-hydrogen) atoms. The molecule has 0 aromatic heterocycles. The largest absolute Gasteiger partial charge is 0.392 e. The van der Waals surface area contributed by atoms with E-state index in [4.69, 9.17) is 5.11 Å². The molecule has 0 amide bonds. The lowest BCUT2D eigenvalue weighted by Gasteiger charge is -2.00. The normalized spacial score (nSPS) is 13.4. The Morgan fingerprint density at radius 2 is 1.45 bits per heavy atom. The van der Waals surface area contributed by atoms with Crippen LogP contribution in [0.15, 0.2) is 59.3 Å². The van der Waals surface area contributed by atoms with Crippen molar-refractivity contribution < 1.29 is 5.11 Å². The van der Waals surface area contributed by atoms with Gasteiger partial charge in [-0.05, 0) is 53.4 Å². The van der Waals surface area contributed by atoms with Gasteiger partial charge in [0.2, 0.25) is 0 Å². The van der Waals surface area contributed by atoms with Gasteiger partial charge in [-0.25, -0.2) is 0 Å². The summed E-state index contributed by atoms with van der Waals surface area (Å²) >= 11 is 0. The molecule has 0 aliphatic heterocycles. The monoisotopic (exact) mass is 274 g/mol. The van der Waals surface area contributed by atoms with Gasteiger partial charge in [0.1, 0.15) is 0 Å². The van der Waals surface area contributed by atoms with Gasteiger partial charge in [-0.1, -0.05) is 59.3 Å². The summed E-state index contributed by atoms with van der Waals surface area (Å²) in [5.74, 6) is 0. The van der Waals surface area contributed by atoms with Crippen molar-refractivity contribution >= 4 is 0 Å². The molecule has 0 saturated heterocycles. The minimum atomic E-state index is 0.101. The Kier molecular flexibility index (Phi) is 11.8. The van der Waals surface area contributed by atoms with E-state index in [0.29, 0.717) is 0 Å². The predicted molar refractivity (Wildman–Crippen MR) is 90.8 cm³/mol.